The average molecular weight is 294 g/mol. The van der Waals surface area contributed by atoms with Crippen LogP contribution in [0.4, 0.5) is 0 Å². The van der Waals surface area contributed by atoms with Crippen molar-refractivity contribution in [1.82, 2.24) is 10.2 Å². The van der Waals surface area contributed by atoms with Crippen LogP contribution in [-0.4, -0.2) is 44.7 Å². The zero-order valence-electron chi connectivity index (χ0n) is 12.0. The Hall–Kier alpha value is -0.910. The van der Waals surface area contributed by atoms with Gasteiger partial charge in [-0.1, -0.05) is 18.2 Å². The Balaban J connectivity index is 1.67. The predicted molar refractivity (Wildman–Crippen MR) is 79.5 cm³/mol. The predicted octanol–water partition coefficient (Wildman–Crippen LogP) is 1.59. The van der Waals surface area contributed by atoms with Crippen molar-refractivity contribution in [3.8, 4) is 0 Å². The van der Waals surface area contributed by atoms with Crippen LogP contribution in [0.3, 0.4) is 0 Å². The minimum Gasteiger partial charge on any atom is -0.307 e. The van der Waals surface area contributed by atoms with Crippen LogP contribution in [0, 0.1) is 0 Å². The molecule has 1 aromatic rings. The van der Waals surface area contributed by atoms with Crippen molar-refractivity contribution in [1.29, 1.82) is 0 Å². The van der Waals surface area contributed by atoms with Gasteiger partial charge in [0.25, 0.3) is 0 Å². The van der Waals surface area contributed by atoms with Crippen LogP contribution in [0.2, 0.25) is 0 Å². The van der Waals surface area contributed by atoms with Gasteiger partial charge in [0.1, 0.15) is 0 Å². The molecular formula is C15H22N2O2S. The van der Waals surface area contributed by atoms with Crippen molar-refractivity contribution in [3.63, 3.8) is 0 Å². The lowest BCUT2D eigenvalue weighted by Crippen LogP contribution is -2.40. The highest BCUT2D eigenvalue weighted by molar-refractivity contribution is 7.91. The van der Waals surface area contributed by atoms with Gasteiger partial charge in [-0.3, -0.25) is 4.90 Å². The zero-order valence-corrected chi connectivity index (χ0v) is 12.9. The molecule has 1 fully saturated rings. The molecule has 1 aliphatic carbocycles. The molecule has 2 aliphatic rings. The number of rotatable bonds is 5. The van der Waals surface area contributed by atoms with E-state index in [1.807, 2.05) is 12.1 Å². The summed E-state index contributed by atoms with van der Waals surface area (Å²) in [6.07, 6.45) is 2.59. The molecule has 0 spiro atoms. The first-order valence-corrected chi connectivity index (χ1v) is 8.91. The number of nitrogens with one attached hydrogen (secondary N) is 1. The molecule has 5 heteroatoms. The highest BCUT2D eigenvalue weighted by Gasteiger charge is 2.35. The molecular weight excluding hydrogens is 272 g/mol. The molecule has 0 saturated heterocycles. The van der Waals surface area contributed by atoms with Gasteiger partial charge in [-0.25, -0.2) is 8.42 Å². The van der Waals surface area contributed by atoms with E-state index in [0.717, 1.165) is 18.2 Å². The van der Waals surface area contributed by atoms with Crippen molar-refractivity contribution in [2.75, 3.05) is 19.3 Å². The summed E-state index contributed by atoms with van der Waals surface area (Å²) in [5, 5.41) is 3.44. The maximum Gasteiger partial charge on any atom is 0.180 e. The molecule has 0 amide bonds. The lowest BCUT2D eigenvalue weighted by Gasteiger charge is -2.26. The summed E-state index contributed by atoms with van der Waals surface area (Å²) in [4.78, 5) is 2.89. The third kappa shape index (κ3) is 2.62. The summed E-state index contributed by atoms with van der Waals surface area (Å²) in [5.74, 6) is 0.187. The fourth-order valence-electron chi connectivity index (χ4n) is 2.92. The Kier molecular flexibility index (Phi) is 3.60. The first-order valence-electron chi connectivity index (χ1n) is 7.26. The number of hydrogen-bond acceptors (Lipinski definition) is 4. The summed E-state index contributed by atoms with van der Waals surface area (Å²) in [6.45, 7) is 3.02. The van der Waals surface area contributed by atoms with Crippen molar-refractivity contribution in [3.05, 3.63) is 29.8 Å². The minimum atomic E-state index is -3.10. The van der Waals surface area contributed by atoms with Crippen molar-refractivity contribution in [2.24, 2.45) is 0 Å². The number of fused-ring (bicyclic) bond motifs is 1. The molecule has 1 heterocycles. The van der Waals surface area contributed by atoms with E-state index in [1.54, 1.807) is 12.1 Å². The maximum atomic E-state index is 12.1. The Morgan fingerprint density at radius 3 is 2.75 bits per heavy atom. The average Bonchev–Trinajstić information content (AvgIpc) is 3.23. The second-order valence-electron chi connectivity index (χ2n) is 6.03. The summed E-state index contributed by atoms with van der Waals surface area (Å²) in [5.41, 5.74) is 0.925. The van der Waals surface area contributed by atoms with Crippen LogP contribution in [-0.2, 0) is 9.84 Å². The van der Waals surface area contributed by atoms with Gasteiger partial charge >= 0.3 is 0 Å². The van der Waals surface area contributed by atoms with Crippen LogP contribution in [0.15, 0.2) is 29.2 Å². The molecule has 0 aromatic heterocycles. The standard InChI is InChI=1S/C15H22N2O2S/c1-11(17(2)12-7-8-12)9-16-14-10-20(18,19)15-6-4-3-5-13(14)15/h3-6,11-12,14,16H,7-10H2,1-2H3. The van der Waals surface area contributed by atoms with E-state index >= 15 is 0 Å². The van der Waals surface area contributed by atoms with Crippen LogP contribution in [0.1, 0.15) is 31.4 Å². The van der Waals surface area contributed by atoms with E-state index in [2.05, 4.69) is 24.2 Å². The maximum absolute atomic E-state index is 12.1. The third-order valence-corrected chi connectivity index (χ3v) is 6.31. The first-order chi connectivity index (χ1) is 9.49. The second kappa shape index (κ2) is 5.13. The molecule has 0 radical (unpaired) electrons. The first kappa shape index (κ1) is 14.0. The van der Waals surface area contributed by atoms with E-state index in [0.29, 0.717) is 10.9 Å². The summed E-state index contributed by atoms with van der Waals surface area (Å²) in [7, 11) is -0.947. The van der Waals surface area contributed by atoms with Gasteiger partial charge in [-0.15, -0.1) is 0 Å². The highest BCUT2D eigenvalue weighted by Crippen LogP contribution is 2.33. The molecule has 2 unspecified atom stereocenters. The van der Waals surface area contributed by atoms with E-state index < -0.39 is 9.84 Å². The van der Waals surface area contributed by atoms with Gasteiger partial charge in [0.2, 0.25) is 0 Å². The number of hydrogen-bond donors (Lipinski definition) is 1. The molecule has 1 aliphatic heterocycles. The third-order valence-electron chi connectivity index (χ3n) is 4.49. The summed E-state index contributed by atoms with van der Waals surface area (Å²) >= 11 is 0. The Bertz CT molecular complexity index is 596. The van der Waals surface area contributed by atoms with Gasteiger partial charge in [-0.2, -0.15) is 0 Å². The van der Waals surface area contributed by atoms with Crippen molar-refractivity contribution in [2.45, 2.75) is 42.8 Å². The van der Waals surface area contributed by atoms with Crippen LogP contribution >= 0.6 is 0 Å². The van der Waals surface area contributed by atoms with Crippen LogP contribution < -0.4 is 5.32 Å². The van der Waals surface area contributed by atoms with Gasteiger partial charge in [0.05, 0.1) is 10.6 Å². The molecule has 1 aromatic carbocycles. The van der Waals surface area contributed by atoms with E-state index in [4.69, 9.17) is 0 Å². The summed E-state index contributed by atoms with van der Waals surface area (Å²) < 4.78 is 24.2. The quantitative estimate of drug-likeness (QED) is 0.896. The van der Waals surface area contributed by atoms with Crippen LogP contribution in [0.5, 0.6) is 0 Å². The van der Waals surface area contributed by atoms with Gasteiger partial charge in [0.15, 0.2) is 9.84 Å². The molecule has 1 saturated carbocycles. The molecule has 1 N–H and O–H groups in total. The minimum absolute atomic E-state index is 0.0637. The Morgan fingerprint density at radius 1 is 1.35 bits per heavy atom. The van der Waals surface area contributed by atoms with Gasteiger partial charge in [0, 0.05) is 24.7 Å². The second-order valence-corrected chi connectivity index (χ2v) is 8.03. The lowest BCUT2D eigenvalue weighted by molar-refractivity contribution is 0.237. The van der Waals surface area contributed by atoms with Gasteiger partial charge in [-0.05, 0) is 38.4 Å². The monoisotopic (exact) mass is 294 g/mol. The Morgan fingerprint density at radius 2 is 2.05 bits per heavy atom. The fourth-order valence-corrected chi connectivity index (χ4v) is 4.69. The smallest absolute Gasteiger partial charge is 0.180 e. The van der Waals surface area contributed by atoms with E-state index in [-0.39, 0.29) is 11.8 Å². The fraction of sp³-hybridized carbons (Fsp3) is 0.600. The number of benzene rings is 1. The normalized spacial score (nSPS) is 25.6. The van der Waals surface area contributed by atoms with E-state index in [9.17, 15) is 8.42 Å². The highest BCUT2D eigenvalue weighted by atomic mass is 32.2. The number of sulfone groups is 1. The molecule has 110 valence electrons. The van der Waals surface area contributed by atoms with Gasteiger partial charge < -0.3 is 5.32 Å². The molecule has 3 rings (SSSR count). The number of nitrogens with zero attached hydrogens (tertiary/aromatic N) is 1. The topological polar surface area (TPSA) is 49.4 Å². The molecule has 4 nitrogen and oxygen atoms in total. The molecule has 0 bridgehead atoms. The Labute approximate surface area is 121 Å². The number of likely N-dealkylation sites (N-methyl/N-ethyl adjacent to an activating group) is 1. The SMILES string of the molecule is CC(CNC1CS(=O)(=O)c2ccccc21)N(C)C1CC1. The van der Waals surface area contributed by atoms with Crippen molar-refractivity contribution >= 4 is 9.84 Å². The van der Waals surface area contributed by atoms with E-state index in [1.165, 1.54) is 12.8 Å². The van der Waals surface area contributed by atoms with Crippen LogP contribution in [0.25, 0.3) is 0 Å². The summed E-state index contributed by atoms with van der Waals surface area (Å²) in [6, 6.07) is 8.44. The molecule has 20 heavy (non-hydrogen) atoms. The zero-order chi connectivity index (χ0) is 14.3. The lowest BCUT2D eigenvalue weighted by atomic mass is 10.1. The molecule has 2 atom stereocenters. The van der Waals surface area contributed by atoms with Crippen molar-refractivity contribution < 1.29 is 8.42 Å². The largest absolute Gasteiger partial charge is 0.307 e.